The van der Waals surface area contributed by atoms with Crippen LogP contribution in [0, 0.1) is 11.6 Å². The van der Waals surface area contributed by atoms with E-state index in [1.54, 1.807) is 0 Å². The van der Waals surface area contributed by atoms with Gasteiger partial charge in [0.15, 0.2) is 11.4 Å². The minimum absolute atomic E-state index is 0.00406. The van der Waals surface area contributed by atoms with Gasteiger partial charge in [-0.05, 0) is 42.5 Å². The third kappa shape index (κ3) is 5.12. The molecule has 0 aliphatic rings. The maximum atomic E-state index is 13.8. The second-order valence-electron chi connectivity index (χ2n) is 7.06. The second-order valence-corrected chi connectivity index (χ2v) is 7.46. The van der Waals surface area contributed by atoms with Crippen molar-refractivity contribution in [3.8, 4) is 11.6 Å². The van der Waals surface area contributed by atoms with Gasteiger partial charge in [-0.15, -0.1) is 10.2 Å². The summed E-state index contributed by atoms with van der Waals surface area (Å²) in [7, 11) is 0. The van der Waals surface area contributed by atoms with E-state index in [9.17, 15) is 31.5 Å². The van der Waals surface area contributed by atoms with Crippen molar-refractivity contribution in [2.45, 2.75) is 6.18 Å². The molecule has 0 fully saturated rings. The number of carbonyl (C=O) groups is 2. The van der Waals surface area contributed by atoms with Gasteiger partial charge in [-0.1, -0.05) is 11.6 Å². The lowest BCUT2D eigenvalue weighted by atomic mass is 10.1. The van der Waals surface area contributed by atoms with E-state index in [1.165, 1.54) is 18.2 Å². The summed E-state index contributed by atoms with van der Waals surface area (Å²) in [6, 6.07) is 6.82. The minimum atomic E-state index is -4.92. The number of fused-ring (bicyclic) bond motifs is 1. The van der Waals surface area contributed by atoms with Crippen LogP contribution in [0.15, 0.2) is 48.5 Å². The number of halogens is 6. The predicted octanol–water partition coefficient (Wildman–Crippen LogP) is 5.81. The number of anilines is 2. The van der Waals surface area contributed by atoms with E-state index < -0.39 is 52.8 Å². The Kier molecular flexibility index (Phi) is 6.37. The van der Waals surface area contributed by atoms with Gasteiger partial charge in [0.25, 0.3) is 5.91 Å². The van der Waals surface area contributed by atoms with Gasteiger partial charge < -0.3 is 15.2 Å². The van der Waals surface area contributed by atoms with Crippen molar-refractivity contribution < 1.29 is 41.4 Å². The van der Waals surface area contributed by atoms with Gasteiger partial charge >= 0.3 is 12.3 Å². The zero-order valence-electron chi connectivity index (χ0n) is 17.4. The molecule has 0 saturated heterocycles. The number of benzene rings is 2. The first-order valence-electron chi connectivity index (χ1n) is 9.62. The fourth-order valence-corrected chi connectivity index (χ4v) is 3.22. The number of carboxylic acid groups (broad SMARTS) is 1. The topological polar surface area (TPSA) is 118 Å². The fraction of sp³-hybridized carbons (Fsp3) is 0.0476. The van der Waals surface area contributed by atoms with Gasteiger partial charge in [0.05, 0.1) is 10.6 Å². The Bertz CT molecular complexity index is 1510. The monoisotopic (exact) mass is 527 g/mol. The smallest absolute Gasteiger partial charge is 0.416 e. The highest BCUT2D eigenvalue weighted by molar-refractivity contribution is 6.32. The molecular formula is C21H11ClF5N5O4. The molecule has 4 aromatic rings. The molecule has 0 saturated carbocycles. The molecule has 0 aliphatic carbocycles. The lowest BCUT2D eigenvalue weighted by molar-refractivity contribution is -0.137. The Balaban J connectivity index is 1.83. The maximum Gasteiger partial charge on any atom is 0.416 e. The summed E-state index contributed by atoms with van der Waals surface area (Å²) >= 11 is 6.05. The van der Waals surface area contributed by atoms with Gasteiger partial charge in [-0.3, -0.25) is 10.1 Å². The quantitative estimate of drug-likeness (QED) is 0.282. The van der Waals surface area contributed by atoms with Crippen molar-refractivity contribution in [1.29, 1.82) is 0 Å². The lowest BCUT2D eigenvalue weighted by Crippen LogP contribution is -2.16. The molecule has 0 aliphatic heterocycles. The van der Waals surface area contributed by atoms with Gasteiger partial charge in [-0.2, -0.15) is 13.2 Å². The molecule has 0 radical (unpaired) electrons. The van der Waals surface area contributed by atoms with Crippen LogP contribution in [-0.4, -0.2) is 31.7 Å². The number of alkyl halides is 3. The summed E-state index contributed by atoms with van der Waals surface area (Å²) < 4.78 is 73.5. The fourth-order valence-electron chi connectivity index (χ4n) is 3.06. The number of aromatic nitrogens is 3. The normalized spacial score (nSPS) is 11.4. The summed E-state index contributed by atoms with van der Waals surface area (Å²) in [6.07, 6.45) is -6.45. The van der Waals surface area contributed by atoms with E-state index in [2.05, 4.69) is 15.5 Å². The van der Waals surface area contributed by atoms with Crippen molar-refractivity contribution in [2.24, 2.45) is 0 Å². The maximum absolute atomic E-state index is 13.8. The molecule has 2 heterocycles. The largest absolute Gasteiger partial charge is 0.465 e. The summed E-state index contributed by atoms with van der Waals surface area (Å²) in [5.74, 6) is -4.29. The first-order chi connectivity index (χ1) is 16.9. The number of hydrogen-bond acceptors (Lipinski definition) is 5. The van der Waals surface area contributed by atoms with Crippen LogP contribution in [0.25, 0.3) is 5.65 Å². The Morgan fingerprint density at radius 3 is 2.42 bits per heavy atom. The molecule has 186 valence electrons. The number of nitrogens with zero attached hydrogens (tertiary/aromatic N) is 3. The van der Waals surface area contributed by atoms with E-state index >= 15 is 0 Å². The zero-order chi connectivity index (χ0) is 26.2. The van der Waals surface area contributed by atoms with Crippen LogP contribution in [0.5, 0.6) is 11.6 Å². The first kappa shape index (κ1) is 24.7. The van der Waals surface area contributed by atoms with E-state index in [4.69, 9.17) is 21.4 Å². The van der Waals surface area contributed by atoms with Crippen LogP contribution in [0.2, 0.25) is 5.02 Å². The van der Waals surface area contributed by atoms with Crippen LogP contribution in [0.3, 0.4) is 0 Å². The standard InChI is InChI=1S/C21H11ClF5N5O4/c22-13-2-1-11(23)8-15(13)36-18-14(3-4-16-30-31-19(32(16)18)29-20(34)35)28-17(33)9-5-10(21(25,26)27)7-12(24)6-9/h1-8H,(H,28,33)(H,29,31)(H,34,35). The average molecular weight is 528 g/mol. The highest BCUT2D eigenvalue weighted by Crippen LogP contribution is 2.37. The van der Waals surface area contributed by atoms with Gasteiger partial charge in [0.2, 0.25) is 11.8 Å². The number of amides is 2. The molecule has 2 aromatic heterocycles. The van der Waals surface area contributed by atoms with E-state index in [0.29, 0.717) is 12.1 Å². The van der Waals surface area contributed by atoms with E-state index in [1.807, 2.05) is 5.32 Å². The molecule has 3 N–H and O–H groups in total. The number of carbonyl (C=O) groups excluding carboxylic acids is 1. The van der Waals surface area contributed by atoms with Crippen molar-refractivity contribution in [3.63, 3.8) is 0 Å². The number of nitrogens with one attached hydrogen (secondary N) is 2. The molecule has 0 spiro atoms. The predicted molar refractivity (Wildman–Crippen MR) is 115 cm³/mol. The molecule has 9 nitrogen and oxygen atoms in total. The first-order valence-corrected chi connectivity index (χ1v) is 10.0. The van der Waals surface area contributed by atoms with Gasteiger partial charge in [0, 0.05) is 11.6 Å². The van der Waals surface area contributed by atoms with Gasteiger partial charge in [-0.25, -0.2) is 18.0 Å². The third-order valence-electron chi connectivity index (χ3n) is 4.57. The molecule has 36 heavy (non-hydrogen) atoms. The summed E-state index contributed by atoms with van der Waals surface area (Å²) in [5.41, 5.74) is -2.31. The lowest BCUT2D eigenvalue weighted by Gasteiger charge is -2.16. The molecule has 2 aromatic carbocycles. The Morgan fingerprint density at radius 1 is 0.972 bits per heavy atom. The summed E-state index contributed by atoms with van der Waals surface area (Å²) in [6.45, 7) is 0. The van der Waals surface area contributed by atoms with Crippen LogP contribution in [-0.2, 0) is 6.18 Å². The third-order valence-corrected chi connectivity index (χ3v) is 4.89. The van der Waals surface area contributed by atoms with E-state index in [0.717, 1.165) is 16.5 Å². The van der Waals surface area contributed by atoms with Crippen molar-refractivity contribution in [3.05, 3.63) is 76.3 Å². The summed E-state index contributed by atoms with van der Waals surface area (Å²) in [5, 5.41) is 20.6. The van der Waals surface area contributed by atoms with Crippen molar-refractivity contribution in [2.75, 3.05) is 10.6 Å². The van der Waals surface area contributed by atoms with Crippen LogP contribution in [0.1, 0.15) is 15.9 Å². The van der Waals surface area contributed by atoms with Crippen LogP contribution in [0.4, 0.5) is 38.4 Å². The summed E-state index contributed by atoms with van der Waals surface area (Å²) in [4.78, 5) is 23.9. The van der Waals surface area contributed by atoms with Crippen molar-refractivity contribution in [1.82, 2.24) is 14.6 Å². The molecule has 0 atom stereocenters. The number of pyridine rings is 1. The number of rotatable bonds is 5. The SMILES string of the molecule is O=C(O)Nc1nnc2ccc(NC(=O)c3cc(F)cc(C(F)(F)F)c3)c(Oc3cc(F)ccc3Cl)n12. The van der Waals surface area contributed by atoms with Crippen molar-refractivity contribution >= 4 is 40.9 Å². The molecule has 0 unspecified atom stereocenters. The Morgan fingerprint density at radius 2 is 1.72 bits per heavy atom. The van der Waals surface area contributed by atoms with Gasteiger partial charge in [0.1, 0.15) is 17.3 Å². The molecule has 2 amide bonds. The van der Waals surface area contributed by atoms with E-state index in [-0.39, 0.29) is 28.2 Å². The average Bonchev–Trinajstić information content (AvgIpc) is 3.19. The molecule has 15 heteroatoms. The number of ether oxygens (including phenoxy) is 1. The highest BCUT2D eigenvalue weighted by atomic mass is 35.5. The Labute approximate surface area is 202 Å². The minimum Gasteiger partial charge on any atom is -0.465 e. The zero-order valence-corrected chi connectivity index (χ0v) is 18.2. The highest BCUT2D eigenvalue weighted by Gasteiger charge is 2.32. The van der Waals surface area contributed by atoms with Crippen LogP contribution < -0.4 is 15.4 Å². The molecule has 0 bridgehead atoms. The van der Waals surface area contributed by atoms with Crippen LogP contribution >= 0.6 is 11.6 Å². The number of hydrogen-bond donors (Lipinski definition) is 3. The second kappa shape index (κ2) is 9.30. The molecule has 4 rings (SSSR count). The Hall–Kier alpha value is -4.46. The molecular weight excluding hydrogens is 517 g/mol.